The number of rotatable bonds is 2. The summed E-state index contributed by atoms with van der Waals surface area (Å²) in [5.41, 5.74) is 2.22. The lowest BCUT2D eigenvalue weighted by Crippen LogP contribution is -2.16. The third-order valence-corrected chi connectivity index (χ3v) is 3.12. The van der Waals surface area contributed by atoms with Crippen molar-refractivity contribution in [2.24, 2.45) is 0 Å². The van der Waals surface area contributed by atoms with Crippen LogP contribution in [0.5, 0.6) is 0 Å². The fourth-order valence-corrected chi connectivity index (χ4v) is 1.83. The smallest absolute Gasteiger partial charge is 0.0794 e. The second-order valence-corrected chi connectivity index (χ2v) is 4.92. The van der Waals surface area contributed by atoms with Crippen molar-refractivity contribution in [1.82, 2.24) is 0 Å². The van der Waals surface area contributed by atoms with Gasteiger partial charge in [0.05, 0.1) is 6.54 Å². The van der Waals surface area contributed by atoms with Gasteiger partial charge in [-0.2, -0.15) is 0 Å². The van der Waals surface area contributed by atoms with E-state index in [1.54, 1.807) is 0 Å². The van der Waals surface area contributed by atoms with Crippen LogP contribution < -0.4 is 4.90 Å². The molecule has 0 radical (unpaired) electrons. The highest BCUT2D eigenvalue weighted by Gasteiger charge is 1.95. The maximum absolute atomic E-state index is 3.41. The number of nitrogens with zero attached hydrogens (tertiary/aromatic N) is 1. The van der Waals surface area contributed by atoms with Crippen molar-refractivity contribution < 1.29 is 0 Å². The summed E-state index contributed by atoms with van der Waals surface area (Å²) < 4.78 is 1.08. The van der Waals surface area contributed by atoms with E-state index in [4.69, 9.17) is 0 Å². The fourth-order valence-electron chi connectivity index (χ4n) is 1.57. The normalized spacial score (nSPS) is 9.44. The molecule has 0 unspecified atom stereocenters. The van der Waals surface area contributed by atoms with Crippen LogP contribution in [0, 0.1) is 11.8 Å². The van der Waals surface area contributed by atoms with Crippen molar-refractivity contribution >= 4 is 21.6 Å². The molecule has 90 valence electrons. The summed E-state index contributed by atoms with van der Waals surface area (Å²) in [5, 5.41) is 0. The molecule has 0 heterocycles. The van der Waals surface area contributed by atoms with Crippen molar-refractivity contribution in [3.8, 4) is 11.8 Å². The highest BCUT2D eigenvalue weighted by molar-refractivity contribution is 9.10. The molecule has 0 spiro atoms. The van der Waals surface area contributed by atoms with Crippen LogP contribution in [-0.2, 0) is 0 Å². The molecule has 0 fully saturated rings. The molecule has 0 aliphatic heterocycles. The van der Waals surface area contributed by atoms with E-state index in [1.165, 1.54) is 5.69 Å². The van der Waals surface area contributed by atoms with Gasteiger partial charge >= 0.3 is 0 Å². The lowest BCUT2D eigenvalue weighted by molar-refractivity contribution is 1.05. The number of hydrogen-bond acceptors (Lipinski definition) is 1. The lowest BCUT2D eigenvalue weighted by atomic mass is 10.2. The molecule has 1 nitrogen and oxygen atoms in total. The van der Waals surface area contributed by atoms with Gasteiger partial charge in [0, 0.05) is 22.8 Å². The fraction of sp³-hybridized carbons (Fsp3) is 0.125. The molecule has 2 heteroatoms. The minimum Gasteiger partial charge on any atom is -0.363 e. The molecule has 0 aromatic heterocycles. The Morgan fingerprint density at radius 3 is 2.33 bits per heavy atom. The zero-order valence-electron chi connectivity index (χ0n) is 10.2. The number of anilines is 1. The molecule has 0 saturated carbocycles. The van der Waals surface area contributed by atoms with E-state index in [1.807, 2.05) is 49.5 Å². The van der Waals surface area contributed by atoms with Gasteiger partial charge in [0.25, 0.3) is 0 Å². The highest BCUT2D eigenvalue weighted by atomic mass is 79.9. The SMILES string of the molecule is CN(CC#Cc1ccc(Br)cc1)c1ccccc1. The van der Waals surface area contributed by atoms with Crippen molar-refractivity contribution in [3.63, 3.8) is 0 Å². The third-order valence-electron chi connectivity index (χ3n) is 2.59. The number of hydrogen-bond donors (Lipinski definition) is 0. The van der Waals surface area contributed by atoms with Gasteiger partial charge in [0.15, 0.2) is 0 Å². The van der Waals surface area contributed by atoms with Gasteiger partial charge in [0.1, 0.15) is 0 Å². The summed E-state index contributed by atoms with van der Waals surface area (Å²) in [4.78, 5) is 2.13. The quantitative estimate of drug-likeness (QED) is 0.759. The largest absolute Gasteiger partial charge is 0.363 e. The molecule has 0 atom stereocenters. The predicted octanol–water partition coefficient (Wildman–Crippen LogP) is 3.94. The van der Waals surface area contributed by atoms with Crippen LogP contribution in [0.1, 0.15) is 5.56 Å². The summed E-state index contributed by atoms with van der Waals surface area (Å²) in [6.07, 6.45) is 0. The monoisotopic (exact) mass is 299 g/mol. The van der Waals surface area contributed by atoms with Gasteiger partial charge in [0.2, 0.25) is 0 Å². The molecule has 2 rings (SSSR count). The van der Waals surface area contributed by atoms with Crippen LogP contribution in [0.15, 0.2) is 59.1 Å². The summed E-state index contributed by atoms with van der Waals surface area (Å²) in [6.45, 7) is 0.722. The molecular formula is C16H14BrN. The van der Waals surface area contributed by atoms with Gasteiger partial charge in [-0.15, -0.1) is 0 Å². The average Bonchev–Trinajstić information content (AvgIpc) is 2.42. The Hall–Kier alpha value is -1.72. The molecule has 2 aromatic rings. The summed E-state index contributed by atoms with van der Waals surface area (Å²) in [5.74, 6) is 6.34. The van der Waals surface area contributed by atoms with E-state index in [0.29, 0.717) is 0 Å². The average molecular weight is 300 g/mol. The Labute approximate surface area is 117 Å². The second-order valence-electron chi connectivity index (χ2n) is 4.00. The summed E-state index contributed by atoms with van der Waals surface area (Å²) in [6, 6.07) is 18.3. The lowest BCUT2D eigenvalue weighted by Gasteiger charge is -2.15. The van der Waals surface area contributed by atoms with Gasteiger partial charge in [-0.3, -0.25) is 0 Å². The van der Waals surface area contributed by atoms with E-state index in [2.05, 4.69) is 44.8 Å². The van der Waals surface area contributed by atoms with Crippen LogP contribution in [-0.4, -0.2) is 13.6 Å². The van der Waals surface area contributed by atoms with Crippen LogP contribution in [0.2, 0.25) is 0 Å². The zero-order chi connectivity index (χ0) is 12.8. The van der Waals surface area contributed by atoms with Crippen molar-refractivity contribution in [3.05, 3.63) is 64.6 Å². The zero-order valence-corrected chi connectivity index (χ0v) is 11.8. The second kappa shape index (κ2) is 6.28. The van der Waals surface area contributed by atoms with Crippen LogP contribution >= 0.6 is 15.9 Å². The maximum Gasteiger partial charge on any atom is 0.0794 e. The van der Waals surface area contributed by atoms with E-state index in [9.17, 15) is 0 Å². The minimum atomic E-state index is 0.722. The first-order valence-electron chi connectivity index (χ1n) is 5.76. The van der Waals surface area contributed by atoms with E-state index in [0.717, 1.165) is 16.6 Å². The molecule has 0 bridgehead atoms. The molecule has 0 amide bonds. The summed E-state index contributed by atoms with van der Waals surface area (Å²) in [7, 11) is 2.05. The topological polar surface area (TPSA) is 3.24 Å². The van der Waals surface area contributed by atoms with Crippen molar-refractivity contribution in [2.75, 3.05) is 18.5 Å². The predicted molar refractivity (Wildman–Crippen MR) is 80.7 cm³/mol. The van der Waals surface area contributed by atoms with Crippen LogP contribution in [0.25, 0.3) is 0 Å². The Morgan fingerprint density at radius 2 is 1.67 bits per heavy atom. The molecular weight excluding hydrogens is 286 g/mol. The molecule has 0 aliphatic rings. The Morgan fingerprint density at radius 1 is 1.00 bits per heavy atom. The van der Waals surface area contributed by atoms with E-state index in [-0.39, 0.29) is 0 Å². The number of halogens is 1. The molecule has 18 heavy (non-hydrogen) atoms. The van der Waals surface area contributed by atoms with E-state index < -0.39 is 0 Å². The van der Waals surface area contributed by atoms with Crippen LogP contribution in [0.3, 0.4) is 0 Å². The maximum atomic E-state index is 3.41. The summed E-state index contributed by atoms with van der Waals surface area (Å²) >= 11 is 3.41. The molecule has 0 N–H and O–H groups in total. The standard InChI is InChI=1S/C16H14BrN/c1-18(16-7-3-2-4-8-16)13-5-6-14-9-11-15(17)12-10-14/h2-4,7-12H,13H2,1H3. The third kappa shape index (κ3) is 3.65. The molecule has 0 aliphatic carbocycles. The van der Waals surface area contributed by atoms with Crippen molar-refractivity contribution in [2.45, 2.75) is 0 Å². The first-order valence-corrected chi connectivity index (χ1v) is 6.55. The van der Waals surface area contributed by atoms with Gasteiger partial charge in [-0.05, 0) is 36.4 Å². The minimum absolute atomic E-state index is 0.722. The Kier molecular flexibility index (Phi) is 4.44. The first kappa shape index (κ1) is 12.7. The number of para-hydroxylation sites is 1. The van der Waals surface area contributed by atoms with Gasteiger partial charge in [-0.25, -0.2) is 0 Å². The Bertz CT molecular complexity index is 549. The van der Waals surface area contributed by atoms with Crippen molar-refractivity contribution in [1.29, 1.82) is 0 Å². The number of benzene rings is 2. The van der Waals surface area contributed by atoms with E-state index >= 15 is 0 Å². The highest BCUT2D eigenvalue weighted by Crippen LogP contribution is 2.11. The van der Waals surface area contributed by atoms with Gasteiger partial charge in [-0.1, -0.05) is 46.0 Å². The first-order chi connectivity index (χ1) is 8.75. The van der Waals surface area contributed by atoms with Gasteiger partial charge < -0.3 is 4.90 Å². The Balaban J connectivity index is 1.98. The molecule has 0 saturated heterocycles. The van der Waals surface area contributed by atoms with Crippen LogP contribution in [0.4, 0.5) is 5.69 Å². The molecule has 2 aromatic carbocycles.